The molecule has 2 rings (SSSR count). The van der Waals surface area contributed by atoms with Crippen LogP contribution in [0.25, 0.3) is 0 Å². The molecule has 0 saturated carbocycles. The minimum absolute atomic E-state index is 0.181. The van der Waals surface area contributed by atoms with E-state index >= 15 is 0 Å². The Morgan fingerprint density at radius 1 is 1.20 bits per heavy atom. The number of hydrogen-bond acceptors (Lipinski definition) is 4. The zero-order valence-electron chi connectivity index (χ0n) is 11.6. The van der Waals surface area contributed by atoms with Crippen LogP contribution in [0, 0.1) is 0 Å². The van der Waals surface area contributed by atoms with Crippen molar-refractivity contribution in [2.75, 3.05) is 45.9 Å². The smallest absolute Gasteiger partial charge is 0.312 e. The number of carbonyl (C=O) groups excluding carboxylic acids is 3. The number of amides is 3. The number of hydrogen-bond donors (Lipinski definition) is 1. The molecule has 0 radical (unpaired) electrons. The number of nitrogens with zero attached hydrogens (tertiary/aromatic N) is 2. The number of rotatable bonds is 4. The van der Waals surface area contributed by atoms with Gasteiger partial charge in [0.15, 0.2) is 0 Å². The van der Waals surface area contributed by atoms with Gasteiger partial charge in [-0.15, -0.1) is 0 Å². The van der Waals surface area contributed by atoms with Crippen LogP contribution in [-0.2, 0) is 19.1 Å². The Labute approximate surface area is 118 Å². The van der Waals surface area contributed by atoms with Crippen LogP contribution >= 0.6 is 0 Å². The lowest BCUT2D eigenvalue weighted by Crippen LogP contribution is -2.48. The van der Waals surface area contributed by atoms with E-state index in [2.05, 4.69) is 5.32 Å². The highest BCUT2D eigenvalue weighted by atomic mass is 16.5. The largest absolute Gasteiger partial charge is 0.378 e. The van der Waals surface area contributed by atoms with Gasteiger partial charge in [0, 0.05) is 39.1 Å². The second-order valence-corrected chi connectivity index (χ2v) is 5.00. The molecule has 112 valence electrons. The van der Waals surface area contributed by atoms with Gasteiger partial charge in [0.2, 0.25) is 5.91 Å². The second-order valence-electron chi connectivity index (χ2n) is 5.00. The van der Waals surface area contributed by atoms with Gasteiger partial charge in [-0.1, -0.05) is 0 Å². The van der Waals surface area contributed by atoms with Gasteiger partial charge in [0.25, 0.3) is 0 Å². The van der Waals surface area contributed by atoms with Crippen LogP contribution in [0.15, 0.2) is 0 Å². The first-order valence-electron chi connectivity index (χ1n) is 7.11. The first kappa shape index (κ1) is 14.8. The standard InChI is InChI=1S/C13H21N3O4/c17-11-3-1-5-15(11)6-2-4-14-12(18)13(19)16-7-9-20-10-8-16/h1-10H2,(H,14,18). The minimum Gasteiger partial charge on any atom is -0.378 e. The molecule has 0 aromatic carbocycles. The summed E-state index contributed by atoms with van der Waals surface area (Å²) in [6.07, 6.45) is 2.22. The summed E-state index contributed by atoms with van der Waals surface area (Å²) in [5.41, 5.74) is 0. The zero-order valence-corrected chi connectivity index (χ0v) is 11.6. The molecule has 20 heavy (non-hydrogen) atoms. The van der Waals surface area contributed by atoms with Gasteiger partial charge in [0.1, 0.15) is 0 Å². The predicted octanol–water partition coefficient (Wildman–Crippen LogP) is -1.03. The van der Waals surface area contributed by atoms with Crippen molar-refractivity contribution in [2.24, 2.45) is 0 Å². The van der Waals surface area contributed by atoms with Crippen molar-refractivity contribution in [3.63, 3.8) is 0 Å². The number of morpholine rings is 1. The first-order chi connectivity index (χ1) is 9.68. The van der Waals surface area contributed by atoms with Crippen LogP contribution in [0.4, 0.5) is 0 Å². The molecule has 0 aromatic rings. The molecule has 0 unspecified atom stereocenters. The van der Waals surface area contributed by atoms with Crippen molar-refractivity contribution in [3.8, 4) is 0 Å². The van der Waals surface area contributed by atoms with E-state index in [1.165, 1.54) is 4.90 Å². The lowest BCUT2D eigenvalue weighted by atomic mass is 10.3. The molecule has 0 aromatic heterocycles. The number of carbonyl (C=O) groups is 3. The van der Waals surface area contributed by atoms with Crippen molar-refractivity contribution >= 4 is 17.7 Å². The molecule has 7 nitrogen and oxygen atoms in total. The van der Waals surface area contributed by atoms with Gasteiger partial charge in [-0.2, -0.15) is 0 Å². The van der Waals surface area contributed by atoms with E-state index in [9.17, 15) is 14.4 Å². The lowest BCUT2D eigenvalue weighted by molar-refractivity contribution is -0.148. The van der Waals surface area contributed by atoms with Crippen molar-refractivity contribution in [3.05, 3.63) is 0 Å². The Morgan fingerprint density at radius 3 is 2.60 bits per heavy atom. The molecular formula is C13H21N3O4. The summed E-state index contributed by atoms with van der Waals surface area (Å²) in [6.45, 7) is 3.76. The van der Waals surface area contributed by atoms with E-state index in [1.54, 1.807) is 4.90 Å². The number of likely N-dealkylation sites (tertiary alicyclic amines) is 1. The quantitative estimate of drug-likeness (QED) is 0.529. The van der Waals surface area contributed by atoms with Gasteiger partial charge in [-0.3, -0.25) is 14.4 Å². The van der Waals surface area contributed by atoms with Gasteiger partial charge in [-0.05, 0) is 12.8 Å². The Kier molecular flexibility index (Phi) is 5.34. The predicted molar refractivity (Wildman–Crippen MR) is 70.8 cm³/mol. The normalized spacial score (nSPS) is 19.3. The summed E-state index contributed by atoms with van der Waals surface area (Å²) in [7, 11) is 0. The van der Waals surface area contributed by atoms with Crippen LogP contribution < -0.4 is 5.32 Å². The fourth-order valence-corrected chi connectivity index (χ4v) is 2.40. The summed E-state index contributed by atoms with van der Waals surface area (Å²) in [5, 5.41) is 2.61. The van der Waals surface area contributed by atoms with Gasteiger partial charge in [0.05, 0.1) is 13.2 Å². The summed E-state index contributed by atoms with van der Waals surface area (Å²) >= 11 is 0. The van der Waals surface area contributed by atoms with E-state index in [1.807, 2.05) is 0 Å². The van der Waals surface area contributed by atoms with Gasteiger partial charge in [-0.25, -0.2) is 0 Å². The maximum atomic E-state index is 11.8. The SMILES string of the molecule is O=C(NCCCN1CCCC1=O)C(=O)N1CCOCC1. The summed E-state index contributed by atoms with van der Waals surface area (Å²) in [6, 6.07) is 0. The second kappa shape index (κ2) is 7.23. The highest BCUT2D eigenvalue weighted by Gasteiger charge is 2.23. The molecule has 2 aliphatic heterocycles. The van der Waals surface area contributed by atoms with Gasteiger partial charge < -0.3 is 19.9 Å². The van der Waals surface area contributed by atoms with Crippen LogP contribution in [0.3, 0.4) is 0 Å². The van der Waals surface area contributed by atoms with Gasteiger partial charge >= 0.3 is 11.8 Å². The Morgan fingerprint density at radius 2 is 1.95 bits per heavy atom. The highest BCUT2D eigenvalue weighted by Crippen LogP contribution is 2.09. The minimum atomic E-state index is -0.570. The average Bonchev–Trinajstić information content (AvgIpc) is 2.89. The molecule has 0 atom stereocenters. The third kappa shape index (κ3) is 3.93. The molecule has 2 saturated heterocycles. The molecule has 3 amide bonds. The molecule has 0 spiro atoms. The van der Waals surface area contributed by atoms with E-state index in [0.717, 1.165) is 13.0 Å². The fraction of sp³-hybridized carbons (Fsp3) is 0.769. The topological polar surface area (TPSA) is 79.0 Å². The molecule has 1 N–H and O–H groups in total. The Hall–Kier alpha value is -1.63. The number of nitrogens with one attached hydrogen (secondary N) is 1. The molecule has 0 bridgehead atoms. The molecular weight excluding hydrogens is 262 g/mol. The van der Waals surface area contributed by atoms with Crippen LogP contribution in [0.1, 0.15) is 19.3 Å². The third-order valence-corrected chi connectivity index (χ3v) is 3.55. The highest BCUT2D eigenvalue weighted by molar-refractivity contribution is 6.35. The molecule has 2 aliphatic rings. The van der Waals surface area contributed by atoms with E-state index in [-0.39, 0.29) is 5.91 Å². The zero-order chi connectivity index (χ0) is 14.4. The monoisotopic (exact) mass is 283 g/mol. The Bertz CT molecular complexity index is 380. The fourth-order valence-electron chi connectivity index (χ4n) is 2.40. The maximum Gasteiger partial charge on any atom is 0.312 e. The van der Waals surface area contributed by atoms with Crippen molar-refractivity contribution in [1.29, 1.82) is 0 Å². The maximum absolute atomic E-state index is 11.8. The van der Waals surface area contributed by atoms with Crippen molar-refractivity contribution in [1.82, 2.24) is 15.1 Å². The summed E-state index contributed by atoms with van der Waals surface area (Å²) in [4.78, 5) is 38.2. The van der Waals surface area contributed by atoms with E-state index in [4.69, 9.17) is 4.74 Å². The van der Waals surface area contributed by atoms with Crippen LogP contribution in [-0.4, -0.2) is 73.5 Å². The van der Waals surface area contributed by atoms with Crippen LogP contribution in [0.5, 0.6) is 0 Å². The molecule has 7 heteroatoms. The van der Waals surface area contributed by atoms with Crippen molar-refractivity contribution in [2.45, 2.75) is 19.3 Å². The summed E-state index contributed by atoms with van der Waals surface area (Å²) < 4.78 is 5.13. The van der Waals surface area contributed by atoms with E-state index < -0.39 is 11.8 Å². The molecule has 2 heterocycles. The van der Waals surface area contributed by atoms with Crippen molar-refractivity contribution < 1.29 is 19.1 Å². The average molecular weight is 283 g/mol. The molecule has 0 aliphatic carbocycles. The summed E-state index contributed by atoms with van der Waals surface area (Å²) in [5.74, 6) is -0.883. The third-order valence-electron chi connectivity index (χ3n) is 3.55. The first-order valence-corrected chi connectivity index (χ1v) is 7.11. The molecule has 2 fully saturated rings. The van der Waals surface area contributed by atoms with Crippen LogP contribution in [0.2, 0.25) is 0 Å². The lowest BCUT2D eigenvalue weighted by Gasteiger charge is -2.26. The van der Waals surface area contributed by atoms with E-state index in [0.29, 0.717) is 52.2 Å². The number of ether oxygens (including phenoxy) is 1. The Balaban J connectivity index is 1.61.